The number of amides is 1. The van der Waals surface area contributed by atoms with Gasteiger partial charge in [0.2, 0.25) is 5.91 Å². The van der Waals surface area contributed by atoms with Crippen LogP contribution in [0, 0.1) is 0 Å². The van der Waals surface area contributed by atoms with Gasteiger partial charge in [-0.3, -0.25) is 4.79 Å². The van der Waals surface area contributed by atoms with Crippen molar-refractivity contribution in [2.24, 2.45) is 0 Å². The quantitative estimate of drug-likeness (QED) is 0.875. The first-order chi connectivity index (χ1) is 10.3. The molecule has 2 aromatic rings. The maximum absolute atomic E-state index is 12.1. The van der Waals surface area contributed by atoms with Gasteiger partial charge in [0.1, 0.15) is 4.90 Å². The van der Waals surface area contributed by atoms with Crippen LogP contribution in [0.15, 0.2) is 41.4 Å². The molecule has 0 atom stereocenters. The van der Waals surface area contributed by atoms with Crippen molar-refractivity contribution in [2.45, 2.75) is 11.8 Å². The van der Waals surface area contributed by atoms with Crippen molar-refractivity contribution >= 4 is 50.6 Å². The summed E-state index contributed by atoms with van der Waals surface area (Å²) in [4.78, 5) is 14.8. The van der Waals surface area contributed by atoms with Crippen LogP contribution in [-0.2, 0) is 14.8 Å². The summed E-state index contributed by atoms with van der Waals surface area (Å²) >= 11 is 12.0. The first-order valence-corrected chi connectivity index (χ1v) is 8.24. The Morgan fingerprint density at radius 2 is 1.91 bits per heavy atom. The molecule has 1 amide bonds. The normalized spacial score (nSPS) is 11.0. The summed E-state index contributed by atoms with van der Waals surface area (Å²) < 4.78 is 26.2. The van der Waals surface area contributed by atoms with Crippen LogP contribution < -0.4 is 10.0 Å². The van der Waals surface area contributed by atoms with Gasteiger partial charge in [0.25, 0.3) is 10.0 Å². The van der Waals surface area contributed by atoms with Crippen molar-refractivity contribution in [1.29, 1.82) is 0 Å². The molecule has 22 heavy (non-hydrogen) atoms. The highest BCUT2D eigenvalue weighted by molar-refractivity contribution is 7.90. The lowest BCUT2D eigenvalue weighted by molar-refractivity contribution is -0.117. The van der Waals surface area contributed by atoms with Crippen LogP contribution in [0.4, 0.5) is 11.5 Å². The second-order valence-electron chi connectivity index (χ2n) is 4.24. The number of rotatable bonds is 4. The fourth-order valence-corrected chi connectivity index (χ4v) is 3.13. The molecule has 0 aliphatic carbocycles. The molecule has 1 aromatic carbocycles. The number of benzene rings is 1. The maximum Gasteiger partial charge on any atom is 0.267 e. The number of carbonyl (C=O) groups excluding carboxylic acids is 1. The predicted octanol–water partition coefficient (Wildman–Crippen LogP) is 2.96. The highest BCUT2D eigenvalue weighted by Gasteiger charge is 2.21. The Labute approximate surface area is 137 Å². The SMILES string of the molecule is CC(=O)NS(=O)(=O)c1cccnc1Nc1cccc(Cl)c1Cl. The standard InChI is InChI=1S/C13H11Cl2N3O3S/c1-8(19)18-22(20,21)11-6-3-7-16-13(11)17-10-5-2-4-9(14)12(10)15/h2-7H,1H3,(H,16,17)(H,18,19). The summed E-state index contributed by atoms with van der Waals surface area (Å²) in [5.74, 6) is -0.670. The number of pyridine rings is 1. The number of hydrogen-bond acceptors (Lipinski definition) is 5. The number of hydrogen-bond donors (Lipinski definition) is 2. The minimum Gasteiger partial charge on any atom is -0.338 e. The van der Waals surface area contributed by atoms with E-state index in [1.54, 1.807) is 18.2 Å². The minimum atomic E-state index is -4.03. The molecule has 0 fully saturated rings. The van der Waals surface area contributed by atoms with Crippen LogP contribution in [0.25, 0.3) is 0 Å². The van der Waals surface area contributed by atoms with E-state index in [-0.39, 0.29) is 15.7 Å². The van der Waals surface area contributed by atoms with Gasteiger partial charge in [-0.2, -0.15) is 0 Å². The van der Waals surface area contributed by atoms with Crippen molar-refractivity contribution in [3.63, 3.8) is 0 Å². The van der Waals surface area contributed by atoms with Gasteiger partial charge in [-0.05, 0) is 24.3 Å². The molecular formula is C13H11Cl2N3O3S. The average molecular weight is 360 g/mol. The van der Waals surface area contributed by atoms with Crippen molar-refractivity contribution in [1.82, 2.24) is 9.71 Å². The Hall–Kier alpha value is -1.83. The summed E-state index contributed by atoms with van der Waals surface area (Å²) in [6.45, 7) is 1.11. The Kier molecular flexibility index (Phi) is 4.90. The van der Waals surface area contributed by atoms with Gasteiger partial charge >= 0.3 is 0 Å². The monoisotopic (exact) mass is 359 g/mol. The van der Waals surface area contributed by atoms with Crippen LogP contribution >= 0.6 is 23.2 Å². The molecule has 0 aliphatic rings. The topological polar surface area (TPSA) is 88.2 Å². The lowest BCUT2D eigenvalue weighted by Crippen LogP contribution is -2.28. The first kappa shape index (κ1) is 16.5. The van der Waals surface area contributed by atoms with E-state index in [1.807, 2.05) is 4.72 Å². The lowest BCUT2D eigenvalue weighted by atomic mass is 10.3. The molecule has 0 bridgehead atoms. The Balaban J connectivity index is 2.45. The molecule has 0 radical (unpaired) electrons. The molecule has 1 aromatic heterocycles. The summed E-state index contributed by atoms with van der Waals surface area (Å²) in [6.07, 6.45) is 1.41. The summed E-state index contributed by atoms with van der Waals surface area (Å²) in [5, 5.41) is 3.35. The van der Waals surface area contributed by atoms with E-state index in [9.17, 15) is 13.2 Å². The second kappa shape index (κ2) is 6.51. The van der Waals surface area contributed by atoms with Crippen LogP contribution in [-0.4, -0.2) is 19.3 Å². The summed E-state index contributed by atoms with van der Waals surface area (Å²) in [7, 11) is -4.03. The molecule has 0 saturated heterocycles. The average Bonchev–Trinajstić information content (AvgIpc) is 2.43. The van der Waals surface area contributed by atoms with Gasteiger partial charge in [-0.15, -0.1) is 0 Å². The third kappa shape index (κ3) is 3.68. The Morgan fingerprint density at radius 1 is 1.18 bits per heavy atom. The van der Waals surface area contributed by atoms with Gasteiger partial charge in [-0.25, -0.2) is 18.1 Å². The second-order valence-corrected chi connectivity index (χ2v) is 6.67. The van der Waals surface area contributed by atoms with Crippen molar-refractivity contribution in [3.05, 3.63) is 46.6 Å². The van der Waals surface area contributed by atoms with E-state index < -0.39 is 15.9 Å². The molecule has 2 rings (SSSR count). The molecule has 0 unspecified atom stereocenters. The zero-order chi connectivity index (χ0) is 16.3. The molecule has 0 spiro atoms. The van der Waals surface area contributed by atoms with E-state index in [1.165, 1.54) is 18.3 Å². The number of halogens is 2. The van der Waals surface area contributed by atoms with Crippen LogP contribution in [0.5, 0.6) is 0 Å². The van der Waals surface area contributed by atoms with E-state index in [2.05, 4.69) is 10.3 Å². The largest absolute Gasteiger partial charge is 0.338 e. The van der Waals surface area contributed by atoms with Gasteiger partial charge in [0.05, 0.1) is 15.7 Å². The number of sulfonamides is 1. The minimum absolute atomic E-state index is 0.0282. The Bertz CT molecular complexity index is 825. The third-order valence-electron chi connectivity index (χ3n) is 2.54. The number of carbonyl (C=O) groups is 1. The number of nitrogens with zero attached hydrogens (tertiary/aromatic N) is 1. The van der Waals surface area contributed by atoms with Crippen molar-refractivity contribution in [3.8, 4) is 0 Å². The van der Waals surface area contributed by atoms with Gasteiger partial charge < -0.3 is 5.32 Å². The van der Waals surface area contributed by atoms with E-state index in [4.69, 9.17) is 23.2 Å². The zero-order valence-electron chi connectivity index (χ0n) is 11.3. The molecule has 116 valence electrons. The maximum atomic E-state index is 12.1. The third-order valence-corrected chi connectivity index (χ3v) is 4.83. The zero-order valence-corrected chi connectivity index (χ0v) is 13.6. The molecule has 9 heteroatoms. The molecular weight excluding hydrogens is 349 g/mol. The molecule has 6 nitrogen and oxygen atoms in total. The van der Waals surface area contributed by atoms with E-state index in [0.717, 1.165) is 6.92 Å². The fourth-order valence-electron chi connectivity index (χ4n) is 1.67. The van der Waals surface area contributed by atoms with Gasteiger partial charge in [0, 0.05) is 13.1 Å². The first-order valence-electron chi connectivity index (χ1n) is 6.00. The van der Waals surface area contributed by atoms with E-state index in [0.29, 0.717) is 10.7 Å². The van der Waals surface area contributed by atoms with Crippen molar-refractivity contribution < 1.29 is 13.2 Å². The van der Waals surface area contributed by atoms with Crippen LogP contribution in [0.1, 0.15) is 6.92 Å². The smallest absolute Gasteiger partial charge is 0.267 e. The van der Waals surface area contributed by atoms with Gasteiger partial charge in [0.15, 0.2) is 5.82 Å². The Morgan fingerprint density at radius 3 is 2.59 bits per heavy atom. The molecule has 0 saturated carbocycles. The summed E-state index contributed by atoms with van der Waals surface area (Å²) in [6, 6.07) is 7.64. The van der Waals surface area contributed by atoms with Crippen LogP contribution in [0.3, 0.4) is 0 Å². The van der Waals surface area contributed by atoms with Crippen LogP contribution in [0.2, 0.25) is 10.0 Å². The predicted molar refractivity (Wildman–Crippen MR) is 85.0 cm³/mol. The molecule has 2 N–H and O–H groups in total. The van der Waals surface area contributed by atoms with Gasteiger partial charge in [-0.1, -0.05) is 29.3 Å². The number of anilines is 2. The van der Waals surface area contributed by atoms with E-state index >= 15 is 0 Å². The number of nitrogens with one attached hydrogen (secondary N) is 2. The number of aromatic nitrogens is 1. The fraction of sp³-hybridized carbons (Fsp3) is 0.0769. The highest BCUT2D eigenvalue weighted by atomic mass is 35.5. The highest BCUT2D eigenvalue weighted by Crippen LogP contribution is 2.32. The lowest BCUT2D eigenvalue weighted by Gasteiger charge is -2.13. The summed E-state index contributed by atoms with van der Waals surface area (Å²) in [5.41, 5.74) is 0.396. The molecule has 0 aliphatic heterocycles. The van der Waals surface area contributed by atoms with Crippen molar-refractivity contribution in [2.75, 3.05) is 5.32 Å². The molecule has 1 heterocycles.